The van der Waals surface area contributed by atoms with Crippen molar-refractivity contribution in [2.45, 2.75) is 30.5 Å². The third kappa shape index (κ3) is 3.66. The van der Waals surface area contributed by atoms with Crippen LogP contribution in [-0.4, -0.2) is 32.4 Å². The molecule has 0 atom stereocenters. The van der Waals surface area contributed by atoms with Crippen molar-refractivity contribution in [1.82, 2.24) is 9.62 Å². The highest BCUT2D eigenvalue weighted by molar-refractivity contribution is 7.91. The van der Waals surface area contributed by atoms with Crippen molar-refractivity contribution < 1.29 is 8.42 Å². The van der Waals surface area contributed by atoms with Gasteiger partial charge in [0.1, 0.15) is 4.21 Å². The van der Waals surface area contributed by atoms with E-state index < -0.39 is 10.0 Å². The van der Waals surface area contributed by atoms with E-state index in [1.54, 1.807) is 10.4 Å². The Kier molecular flexibility index (Phi) is 5.15. The summed E-state index contributed by atoms with van der Waals surface area (Å²) >= 11 is 1.37. The molecule has 1 N–H and O–H groups in total. The molecule has 2 rings (SSSR count). The topological polar surface area (TPSA) is 49.4 Å². The number of nitrogens with one attached hydrogen (secondary N) is 1. The van der Waals surface area contributed by atoms with Crippen LogP contribution in [0.15, 0.2) is 28.5 Å². The van der Waals surface area contributed by atoms with Crippen molar-refractivity contribution in [1.29, 1.82) is 0 Å². The summed E-state index contributed by atoms with van der Waals surface area (Å²) in [4.78, 5) is 1.07. The number of hydrogen-bond acceptors (Lipinski definition) is 4. The first-order valence-electron chi connectivity index (χ1n) is 6.59. The fourth-order valence-corrected chi connectivity index (χ4v) is 4.83. The summed E-state index contributed by atoms with van der Waals surface area (Å²) < 4.78 is 26.8. The molecule has 0 unspecified atom stereocenters. The summed E-state index contributed by atoms with van der Waals surface area (Å²) in [6.07, 6.45) is 5.82. The van der Waals surface area contributed by atoms with Crippen molar-refractivity contribution in [3.63, 3.8) is 0 Å². The second-order valence-corrected chi connectivity index (χ2v) is 7.85. The van der Waals surface area contributed by atoms with Crippen LogP contribution in [0.25, 0.3) is 0 Å². The van der Waals surface area contributed by atoms with Gasteiger partial charge in [0.15, 0.2) is 0 Å². The molecule has 0 saturated heterocycles. The van der Waals surface area contributed by atoms with Crippen LogP contribution in [-0.2, 0) is 16.6 Å². The van der Waals surface area contributed by atoms with Gasteiger partial charge in [0.05, 0.1) is 0 Å². The maximum absolute atomic E-state index is 12.4. The first-order chi connectivity index (χ1) is 9.14. The summed E-state index contributed by atoms with van der Waals surface area (Å²) in [5.41, 5.74) is 0. The normalized spacial score (nSPS) is 16.9. The lowest BCUT2D eigenvalue weighted by Gasteiger charge is -2.21. The van der Waals surface area contributed by atoms with Gasteiger partial charge in [-0.2, -0.15) is 4.31 Å². The van der Waals surface area contributed by atoms with Crippen molar-refractivity contribution in [3.05, 3.63) is 29.2 Å². The summed E-state index contributed by atoms with van der Waals surface area (Å²) in [6, 6.07) is 3.63. The van der Waals surface area contributed by atoms with Crippen LogP contribution in [0.1, 0.15) is 24.6 Å². The zero-order valence-electron chi connectivity index (χ0n) is 11.1. The highest BCUT2D eigenvalue weighted by atomic mass is 32.2. The summed E-state index contributed by atoms with van der Waals surface area (Å²) in [6.45, 7) is 4.88. The number of nitrogens with zero attached hydrogens (tertiary/aromatic N) is 1. The first kappa shape index (κ1) is 14.7. The van der Waals surface area contributed by atoms with Gasteiger partial charge in [0.2, 0.25) is 0 Å². The zero-order chi connectivity index (χ0) is 13.7. The predicted octanol–water partition coefficient (Wildman–Crippen LogP) is 2.20. The Bertz CT molecular complexity index is 535. The molecule has 106 valence electrons. The van der Waals surface area contributed by atoms with E-state index in [0.717, 1.165) is 30.8 Å². The van der Waals surface area contributed by atoms with Gasteiger partial charge in [-0.1, -0.05) is 19.1 Å². The van der Waals surface area contributed by atoms with E-state index in [-0.39, 0.29) is 0 Å². The lowest BCUT2D eigenvalue weighted by Crippen LogP contribution is -2.33. The van der Waals surface area contributed by atoms with Gasteiger partial charge < -0.3 is 5.32 Å². The predicted molar refractivity (Wildman–Crippen MR) is 78.8 cm³/mol. The Balaban J connectivity index is 2.06. The molecule has 0 aromatic carbocycles. The third-order valence-corrected chi connectivity index (χ3v) is 6.40. The molecular weight excluding hydrogens is 280 g/mol. The molecule has 1 aliphatic rings. The van der Waals surface area contributed by atoms with E-state index in [4.69, 9.17) is 0 Å². The molecule has 1 aromatic rings. The molecule has 0 amide bonds. The Morgan fingerprint density at radius 2 is 2.21 bits per heavy atom. The molecule has 4 nitrogen and oxygen atoms in total. The quantitative estimate of drug-likeness (QED) is 0.647. The minimum atomic E-state index is -3.30. The fourth-order valence-electron chi connectivity index (χ4n) is 1.95. The van der Waals surface area contributed by atoms with Crippen molar-refractivity contribution >= 4 is 21.4 Å². The lowest BCUT2D eigenvalue weighted by atomic mass is 10.3. The van der Waals surface area contributed by atoms with Gasteiger partial charge in [0.25, 0.3) is 10.0 Å². The third-order valence-electron chi connectivity index (χ3n) is 2.98. The van der Waals surface area contributed by atoms with Gasteiger partial charge in [-0.15, -0.1) is 11.3 Å². The smallest absolute Gasteiger partial charge is 0.252 e. The number of sulfonamides is 1. The largest absolute Gasteiger partial charge is 0.312 e. The SMILES string of the molecule is CCCNCc1ccc(S(=O)(=O)N2CC=CCC2)s1. The monoisotopic (exact) mass is 300 g/mol. The van der Waals surface area contributed by atoms with Crippen LogP contribution in [0.5, 0.6) is 0 Å². The maximum Gasteiger partial charge on any atom is 0.252 e. The maximum atomic E-state index is 12.4. The van der Waals surface area contributed by atoms with Crippen LogP contribution >= 0.6 is 11.3 Å². The molecule has 0 radical (unpaired) electrons. The molecule has 19 heavy (non-hydrogen) atoms. The zero-order valence-corrected chi connectivity index (χ0v) is 12.8. The summed E-state index contributed by atoms with van der Waals surface area (Å²) in [5.74, 6) is 0. The van der Waals surface area contributed by atoms with E-state index in [9.17, 15) is 8.42 Å². The minimum absolute atomic E-state index is 0.455. The Morgan fingerprint density at radius 1 is 1.37 bits per heavy atom. The number of thiophene rings is 1. The summed E-state index contributed by atoms with van der Waals surface area (Å²) in [5, 5.41) is 3.29. The summed E-state index contributed by atoms with van der Waals surface area (Å²) in [7, 11) is -3.30. The van der Waals surface area contributed by atoms with Gasteiger partial charge in [-0.05, 0) is 31.5 Å². The minimum Gasteiger partial charge on any atom is -0.312 e. The number of hydrogen-bond donors (Lipinski definition) is 1. The van der Waals surface area contributed by atoms with Gasteiger partial charge >= 0.3 is 0 Å². The van der Waals surface area contributed by atoms with Gasteiger partial charge in [-0.25, -0.2) is 8.42 Å². The molecular formula is C13H20N2O2S2. The van der Waals surface area contributed by atoms with Gasteiger partial charge in [0, 0.05) is 24.5 Å². The standard InChI is InChI=1S/C13H20N2O2S2/c1-2-8-14-11-12-6-7-13(18-12)19(16,17)15-9-4-3-5-10-15/h3-4,6-7,14H,2,5,8-11H2,1H3. The van der Waals surface area contributed by atoms with E-state index >= 15 is 0 Å². The lowest BCUT2D eigenvalue weighted by molar-refractivity contribution is 0.439. The molecule has 0 saturated carbocycles. The molecule has 0 aliphatic carbocycles. The average molecular weight is 300 g/mol. The van der Waals surface area contributed by atoms with Crippen LogP contribution < -0.4 is 5.32 Å². The Labute approximate surface area is 119 Å². The molecule has 2 heterocycles. The van der Waals surface area contributed by atoms with Crippen molar-refractivity contribution in [2.24, 2.45) is 0 Å². The van der Waals surface area contributed by atoms with Crippen LogP contribution in [0.2, 0.25) is 0 Å². The van der Waals surface area contributed by atoms with Crippen LogP contribution in [0.4, 0.5) is 0 Å². The fraction of sp³-hybridized carbons (Fsp3) is 0.538. The van der Waals surface area contributed by atoms with E-state index in [2.05, 4.69) is 12.2 Å². The Hall–Kier alpha value is -0.690. The molecule has 0 fully saturated rings. The van der Waals surface area contributed by atoms with Crippen LogP contribution in [0.3, 0.4) is 0 Å². The second kappa shape index (κ2) is 6.65. The number of rotatable bonds is 6. The van der Waals surface area contributed by atoms with Crippen molar-refractivity contribution in [3.8, 4) is 0 Å². The van der Waals surface area contributed by atoms with E-state index in [0.29, 0.717) is 17.3 Å². The molecule has 1 aromatic heterocycles. The molecule has 6 heteroatoms. The second-order valence-electron chi connectivity index (χ2n) is 4.52. The van der Waals surface area contributed by atoms with Gasteiger partial charge in [-0.3, -0.25) is 0 Å². The first-order valence-corrected chi connectivity index (χ1v) is 8.85. The molecule has 0 bridgehead atoms. The molecule has 1 aliphatic heterocycles. The Morgan fingerprint density at radius 3 is 2.89 bits per heavy atom. The van der Waals surface area contributed by atoms with Crippen LogP contribution in [0, 0.1) is 0 Å². The highest BCUT2D eigenvalue weighted by Crippen LogP contribution is 2.25. The molecule has 0 spiro atoms. The average Bonchev–Trinajstić information content (AvgIpc) is 2.90. The highest BCUT2D eigenvalue weighted by Gasteiger charge is 2.25. The van der Waals surface area contributed by atoms with E-state index in [1.807, 2.05) is 18.2 Å². The van der Waals surface area contributed by atoms with E-state index in [1.165, 1.54) is 11.3 Å². The van der Waals surface area contributed by atoms with Crippen molar-refractivity contribution in [2.75, 3.05) is 19.6 Å².